The van der Waals surface area contributed by atoms with Crippen molar-refractivity contribution in [1.29, 1.82) is 0 Å². The molecule has 0 bridgehead atoms. The molecule has 9 nitrogen and oxygen atoms in total. The number of tetrazole rings is 1. The predicted molar refractivity (Wildman–Crippen MR) is 53.8 cm³/mol. The standard InChI is InChI=1S/C8H11N7O2/c16-8(17)2-1-3-15-7(11-12-13-15)4-14-6-9-5-10-14/h5-6H,1-4H2,(H,16,17). The van der Waals surface area contributed by atoms with Crippen LogP contribution >= 0.6 is 0 Å². The van der Waals surface area contributed by atoms with Gasteiger partial charge in [0.1, 0.15) is 19.2 Å². The highest BCUT2D eigenvalue weighted by molar-refractivity contribution is 5.66. The molecule has 2 aromatic heterocycles. The van der Waals surface area contributed by atoms with Crippen LogP contribution in [0.2, 0.25) is 0 Å². The minimum atomic E-state index is -0.823. The van der Waals surface area contributed by atoms with Crippen molar-refractivity contribution in [2.24, 2.45) is 0 Å². The van der Waals surface area contributed by atoms with Crippen LogP contribution in [0, 0.1) is 0 Å². The van der Waals surface area contributed by atoms with Gasteiger partial charge >= 0.3 is 5.97 Å². The third-order valence-corrected chi connectivity index (χ3v) is 2.14. The van der Waals surface area contributed by atoms with Gasteiger partial charge in [-0.05, 0) is 16.8 Å². The fraction of sp³-hybridized carbons (Fsp3) is 0.500. The van der Waals surface area contributed by atoms with E-state index in [0.717, 1.165) is 0 Å². The summed E-state index contributed by atoms with van der Waals surface area (Å²) in [6.07, 6.45) is 3.59. The van der Waals surface area contributed by atoms with Crippen LogP contribution in [0.5, 0.6) is 0 Å². The summed E-state index contributed by atoms with van der Waals surface area (Å²) < 4.78 is 3.17. The number of aromatic nitrogens is 7. The summed E-state index contributed by atoms with van der Waals surface area (Å²) in [4.78, 5) is 14.2. The normalized spacial score (nSPS) is 10.6. The second-order valence-corrected chi connectivity index (χ2v) is 3.41. The van der Waals surface area contributed by atoms with E-state index >= 15 is 0 Å². The van der Waals surface area contributed by atoms with Crippen LogP contribution in [0.4, 0.5) is 0 Å². The SMILES string of the molecule is O=C(O)CCCn1nnnc1Cn1cncn1. The molecule has 0 aliphatic rings. The summed E-state index contributed by atoms with van der Waals surface area (Å²) in [7, 11) is 0. The Morgan fingerprint density at radius 1 is 1.47 bits per heavy atom. The van der Waals surface area contributed by atoms with E-state index in [2.05, 4.69) is 25.6 Å². The molecule has 0 atom stereocenters. The topological polar surface area (TPSA) is 112 Å². The van der Waals surface area contributed by atoms with E-state index < -0.39 is 5.97 Å². The third kappa shape index (κ3) is 3.06. The lowest BCUT2D eigenvalue weighted by Crippen LogP contribution is -2.11. The number of rotatable bonds is 6. The summed E-state index contributed by atoms with van der Waals surface area (Å²) in [5, 5.41) is 23.7. The van der Waals surface area contributed by atoms with Crippen molar-refractivity contribution < 1.29 is 9.90 Å². The lowest BCUT2D eigenvalue weighted by atomic mass is 10.3. The first kappa shape index (κ1) is 11.2. The predicted octanol–water partition coefficient (Wildman–Crippen LogP) is -0.822. The summed E-state index contributed by atoms with van der Waals surface area (Å²) in [5.41, 5.74) is 0. The van der Waals surface area contributed by atoms with Gasteiger partial charge in [0, 0.05) is 13.0 Å². The van der Waals surface area contributed by atoms with E-state index in [9.17, 15) is 4.79 Å². The summed E-state index contributed by atoms with van der Waals surface area (Å²) in [5.74, 6) is -0.197. The lowest BCUT2D eigenvalue weighted by Gasteiger charge is -2.02. The Morgan fingerprint density at radius 2 is 2.35 bits per heavy atom. The molecule has 2 heterocycles. The van der Waals surface area contributed by atoms with Gasteiger partial charge in [-0.25, -0.2) is 14.3 Å². The van der Waals surface area contributed by atoms with Gasteiger partial charge in [-0.2, -0.15) is 5.10 Å². The minimum absolute atomic E-state index is 0.0998. The van der Waals surface area contributed by atoms with Crippen LogP contribution in [0.1, 0.15) is 18.7 Å². The highest BCUT2D eigenvalue weighted by Gasteiger charge is 2.07. The van der Waals surface area contributed by atoms with Crippen LogP contribution in [0.25, 0.3) is 0 Å². The number of carbonyl (C=O) groups is 1. The van der Waals surface area contributed by atoms with Crippen molar-refractivity contribution in [3.8, 4) is 0 Å². The van der Waals surface area contributed by atoms with Gasteiger partial charge in [0.15, 0.2) is 5.82 Å². The van der Waals surface area contributed by atoms with E-state index in [1.807, 2.05) is 0 Å². The Labute approximate surface area is 96.1 Å². The first-order valence-corrected chi connectivity index (χ1v) is 5.05. The lowest BCUT2D eigenvalue weighted by molar-refractivity contribution is -0.137. The Kier molecular flexibility index (Phi) is 3.38. The van der Waals surface area contributed by atoms with Crippen LogP contribution in [-0.4, -0.2) is 46.0 Å². The molecule has 90 valence electrons. The highest BCUT2D eigenvalue weighted by Crippen LogP contribution is 1.99. The number of nitrogens with zero attached hydrogens (tertiary/aromatic N) is 7. The monoisotopic (exact) mass is 237 g/mol. The van der Waals surface area contributed by atoms with Gasteiger partial charge < -0.3 is 5.11 Å². The molecule has 1 N–H and O–H groups in total. The molecule has 0 amide bonds. The van der Waals surface area contributed by atoms with Crippen LogP contribution in [0.15, 0.2) is 12.7 Å². The Morgan fingerprint density at radius 3 is 3.06 bits per heavy atom. The molecule has 0 unspecified atom stereocenters. The van der Waals surface area contributed by atoms with E-state index in [0.29, 0.717) is 25.3 Å². The molecule has 2 aromatic rings. The number of carboxylic acid groups (broad SMARTS) is 1. The third-order valence-electron chi connectivity index (χ3n) is 2.14. The average Bonchev–Trinajstić information content (AvgIpc) is 2.91. The van der Waals surface area contributed by atoms with E-state index in [-0.39, 0.29) is 6.42 Å². The van der Waals surface area contributed by atoms with E-state index in [1.165, 1.54) is 6.33 Å². The maximum absolute atomic E-state index is 10.4. The molecule has 0 spiro atoms. The fourth-order valence-corrected chi connectivity index (χ4v) is 1.35. The van der Waals surface area contributed by atoms with Crippen molar-refractivity contribution in [3.63, 3.8) is 0 Å². The number of aliphatic carboxylic acids is 1. The van der Waals surface area contributed by atoms with Gasteiger partial charge in [0.05, 0.1) is 0 Å². The zero-order valence-corrected chi connectivity index (χ0v) is 8.97. The van der Waals surface area contributed by atoms with Gasteiger partial charge in [-0.15, -0.1) is 5.10 Å². The molecule has 2 rings (SSSR count). The van der Waals surface area contributed by atoms with Gasteiger partial charge in [-0.1, -0.05) is 0 Å². The zero-order chi connectivity index (χ0) is 12.1. The molecule has 0 saturated carbocycles. The van der Waals surface area contributed by atoms with Gasteiger partial charge in [-0.3, -0.25) is 4.79 Å². The second kappa shape index (κ2) is 5.14. The number of hydrogen-bond donors (Lipinski definition) is 1. The molecule has 17 heavy (non-hydrogen) atoms. The minimum Gasteiger partial charge on any atom is -0.481 e. The largest absolute Gasteiger partial charge is 0.481 e. The Balaban J connectivity index is 1.94. The van der Waals surface area contributed by atoms with Crippen molar-refractivity contribution in [2.75, 3.05) is 0 Å². The van der Waals surface area contributed by atoms with Crippen molar-refractivity contribution >= 4 is 5.97 Å². The van der Waals surface area contributed by atoms with Crippen molar-refractivity contribution in [2.45, 2.75) is 25.9 Å². The molecule has 9 heteroatoms. The number of hydrogen-bond acceptors (Lipinski definition) is 6. The molecular weight excluding hydrogens is 226 g/mol. The average molecular weight is 237 g/mol. The van der Waals surface area contributed by atoms with Crippen LogP contribution < -0.4 is 0 Å². The smallest absolute Gasteiger partial charge is 0.303 e. The summed E-state index contributed by atoms with van der Waals surface area (Å²) in [6, 6.07) is 0. The fourth-order valence-electron chi connectivity index (χ4n) is 1.35. The first-order valence-electron chi connectivity index (χ1n) is 5.05. The number of aryl methyl sites for hydroxylation is 1. The van der Waals surface area contributed by atoms with Crippen molar-refractivity contribution in [1.82, 2.24) is 35.0 Å². The van der Waals surface area contributed by atoms with Crippen molar-refractivity contribution in [3.05, 3.63) is 18.5 Å². The summed E-state index contributed by atoms with van der Waals surface area (Å²) >= 11 is 0. The van der Waals surface area contributed by atoms with Crippen LogP contribution in [-0.2, 0) is 17.9 Å². The molecular formula is C8H11N7O2. The molecule has 0 aliphatic carbocycles. The molecule has 0 aliphatic heterocycles. The van der Waals surface area contributed by atoms with Gasteiger partial charge in [0.2, 0.25) is 0 Å². The molecule has 0 saturated heterocycles. The first-order chi connectivity index (χ1) is 8.25. The molecule has 0 aromatic carbocycles. The summed E-state index contributed by atoms with van der Waals surface area (Å²) in [6.45, 7) is 0.892. The molecule has 0 fully saturated rings. The Hall–Kier alpha value is -2.32. The Bertz CT molecular complexity index is 478. The van der Waals surface area contributed by atoms with E-state index in [4.69, 9.17) is 5.11 Å². The maximum Gasteiger partial charge on any atom is 0.303 e. The zero-order valence-electron chi connectivity index (χ0n) is 8.97. The molecule has 0 radical (unpaired) electrons. The maximum atomic E-state index is 10.4. The van der Waals surface area contributed by atoms with Crippen LogP contribution in [0.3, 0.4) is 0 Å². The quantitative estimate of drug-likeness (QED) is 0.698. The highest BCUT2D eigenvalue weighted by atomic mass is 16.4. The second-order valence-electron chi connectivity index (χ2n) is 3.41. The number of carboxylic acids is 1. The van der Waals surface area contributed by atoms with E-state index in [1.54, 1.807) is 15.7 Å². The van der Waals surface area contributed by atoms with Gasteiger partial charge in [0.25, 0.3) is 0 Å².